The van der Waals surface area contributed by atoms with Crippen LogP contribution in [-0.4, -0.2) is 26.0 Å². The molecule has 2 heterocycles. The van der Waals surface area contributed by atoms with E-state index in [1.165, 1.54) is 12.1 Å². The predicted octanol–water partition coefficient (Wildman–Crippen LogP) is 1.80. The lowest BCUT2D eigenvalue weighted by Gasteiger charge is -2.07. The molecule has 0 aliphatic rings. The Hall–Kier alpha value is -2.50. The number of hydrogen-bond acceptors (Lipinski definition) is 5. The molecular formula is C13H14N4O2. The van der Waals surface area contributed by atoms with E-state index in [2.05, 4.69) is 20.3 Å². The number of hydrogen-bond donors (Lipinski definition) is 2. The third-order valence-corrected chi connectivity index (χ3v) is 2.49. The Balaban J connectivity index is 2.11. The summed E-state index contributed by atoms with van der Waals surface area (Å²) in [6, 6.07) is 3.02. The van der Waals surface area contributed by atoms with Crippen LogP contribution in [0.25, 0.3) is 0 Å². The van der Waals surface area contributed by atoms with Crippen molar-refractivity contribution < 1.29 is 9.90 Å². The van der Waals surface area contributed by atoms with E-state index in [4.69, 9.17) is 5.11 Å². The van der Waals surface area contributed by atoms with E-state index in [0.29, 0.717) is 18.1 Å². The Morgan fingerprint density at radius 2 is 2.00 bits per heavy atom. The highest BCUT2D eigenvalue weighted by Gasteiger charge is 2.06. The van der Waals surface area contributed by atoms with Crippen molar-refractivity contribution in [2.75, 3.05) is 5.32 Å². The number of aromatic carboxylic acids is 1. The van der Waals surface area contributed by atoms with Gasteiger partial charge in [-0.15, -0.1) is 0 Å². The Morgan fingerprint density at radius 1 is 1.21 bits per heavy atom. The predicted molar refractivity (Wildman–Crippen MR) is 70.0 cm³/mol. The molecule has 0 amide bonds. The monoisotopic (exact) mass is 258 g/mol. The highest BCUT2D eigenvalue weighted by Crippen LogP contribution is 2.11. The maximum Gasteiger partial charge on any atom is 0.335 e. The molecule has 19 heavy (non-hydrogen) atoms. The molecule has 6 nitrogen and oxygen atoms in total. The summed E-state index contributed by atoms with van der Waals surface area (Å²) in [4.78, 5) is 23.5. The van der Waals surface area contributed by atoms with Crippen LogP contribution in [0, 0.1) is 13.8 Å². The molecule has 2 N–H and O–H groups in total. The summed E-state index contributed by atoms with van der Waals surface area (Å²) in [6.07, 6.45) is 3.36. The van der Waals surface area contributed by atoms with Gasteiger partial charge in [0, 0.05) is 11.9 Å². The number of rotatable bonds is 4. The minimum atomic E-state index is -0.969. The minimum Gasteiger partial charge on any atom is -0.478 e. The summed E-state index contributed by atoms with van der Waals surface area (Å²) >= 11 is 0. The van der Waals surface area contributed by atoms with Crippen LogP contribution in [0.3, 0.4) is 0 Å². The van der Waals surface area contributed by atoms with Crippen molar-refractivity contribution in [1.29, 1.82) is 0 Å². The molecule has 0 aliphatic heterocycles. The van der Waals surface area contributed by atoms with Gasteiger partial charge in [-0.2, -0.15) is 0 Å². The Labute approximate surface area is 110 Å². The first-order valence-electron chi connectivity index (χ1n) is 5.78. The second kappa shape index (κ2) is 5.43. The summed E-state index contributed by atoms with van der Waals surface area (Å²) in [6.45, 7) is 4.07. The Morgan fingerprint density at radius 3 is 2.63 bits per heavy atom. The molecule has 0 fully saturated rings. The zero-order chi connectivity index (χ0) is 13.8. The number of nitrogens with zero attached hydrogens (tertiary/aromatic N) is 3. The van der Waals surface area contributed by atoms with Gasteiger partial charge in [0.15, 0.2) is 0 Å². The molecule has 2 rings (SSSR count). The lowest BCUT2D eigenvalue weighted by atomic mass is 10.2. The van der Waals surface area contributed by atoms with Crippen molar-refractivity contribution in [2.45, 2.75) is 20.4 Å². The van der Waals surface area contributed by atoms with Crippen molar-refractivity contribution in [1.82, 2.24) is 15.0 Å². The van der Waals surface area contributed by atoms with E-state index in [1.807, 2.05) is 6.92 Å². The van der Waals surface area contributed by atoms with E-state index in [9.17, 15) is 4.79 Å². The fourth-order valence-electron chi connectivity index (χ4n) is 1.57. The van der Waals surface area contributed by atoms with Gasteiger partial charge in [-0.1, -0.05) is 0 Å². The number of carbonyl (C=O) groups is 1. The molecule has 0 saturated carbocycles. The number of aromatic nitrogens is 3. The normalized spacial score (nSPS) is 10.2. The van der Waals surface area contributed by atoms with Crippen LogP contribution in [0.15, 0.2) is 24.5 Å². The first-order valence-corrected chi connectivity index (χ1v) is 5.78. The third-order valence-electron chi connectivity index (χ3n) is 2.49. The zero-order valence-corrected chi connectivity index (χ0v) is 10.7. The van der Waals surface area contributed by atoms with Crippen LogP contribution < -0.4 is 5.32 Å². The number of carboxylic acids is 1. The van der Waals surface area contributed by atoms with Crippen LogP contribution >= 0.6 is 0 Å². The maximum absolute atomic E-state index is 10.9. The van der Waals surface area contributed by atoms with E-state index in [1.54, 1.807) is 19.3 Å². The number of pyridine rings is 1. The Kier molecular flexibility index (Phi) is 3.70. The highest BCUT2D eigenvalue weighted by molar-refractivity contribution is 5.88. The molecule has 0 atom stereocenters. The third kappa shape index (κ3) is 3.48. The molecule has 2 aromatic rings. The molecule has 98 valence electrons. The molecule has 6 heteroatoms. The minimum absolute atomic E-state index is 0.213. The lowest BCUT2D eigenvalue weighted by molar-refractivity contribution is 0.0696. The van der Waals surface area contributed by atoms with E-state index < -0.39 is 5.97 Å². The molecule has 0 saturated heterocycles. The number of aryl methyl sites for hydroxylation is 2. The molecule has 0 aliphatic carbocycles. The van der Waals surface area contributed by atoms with Crippen molar-refractivity contribution in [3.05, 3.63) is 47.2 Å². The molecular weight excluding hydrogens is 244 g/mol. The van der Waals surface area contributed by atoms with Gasteiger partial charge in [0.2, 0.25) is 0 Å². The molecule has 0 aromatic carbocycles. The average Bonchev–Trinajstić information content (AvgIpc) is 2.37. The van der Waals surface area contributed by atoms with Crippen LogP contribution in [-0.2, 0) is 6.54 Å². The van der Waals surface area contributed by atoms with E-state index in [0.717, 1.165) is 11.4 Å². The lowest BCUT2D eigenvalue weighted by Crippen LogP contribution is -2.06. The fraction of sp³-hybridized carbons (Fsp3) is 0.231. The van der Waals surface area contributed by atoms with Crippen LogP contribution in [0.2, 0.25) is 0 Å². The number of carboxylic acid groups (broad SMARTS) is 1. The van der Waals surface area contributed by atoms with E-state index >= 15 is 0 Å². The summed E-state index contributed by atoms with van der Waals surface area (Å²) in [5.74, 6) is -0.455. The van der Waals surface area contributed by atoms with Crippen LogP contribution in [0.5, 0.6) is 0 Å². The average molecular weight is 258 g/mol. The first-order chi connectivity index (χ1) is 9.04. The Bertz CT molecular complexity index is 596. The molecule has 0 unspecified atom stereocenters. The van der Waals surface area contributed by atoms with Crippen molar-refractivity contribution >= 4 is 11.8 Å². The van der Waals surface area contributed by atoms with Crippen LogP contribution in [0.1, 0.15) is 27.4 Å². The van der Waals surface area contributed by atoms with Crippen molar-refractivity contribution in [3.63, 3.8) is 0 Å². The van der Waals surface area contributed by atoms with E-state index in [-0.39, 0.29) is 5.56 Å². The maximum atomic E-state index is 10.9. The standard InChI is InChI=1S/C13H14N4O2/c1-8-3-10(13(18)19)4-12(17-8)16-7-11-6-14-9(2)5-15-11/h3-6H,7H2,1-2H3,(H,16,17)(H,18,19). The van der Waals surface area contributed by atoms with Crippen LogP contribution in [0.4, 0.5) is 5.82 Å². The summed E-state index contributed by atoms with van der Waals surface area (Å²) < 4.78 is 0. The van der Waals surface area contributed by atoms with Gasteiger partial charge in [-0.25, -0.2) is 9.78 Å². The van der Waals surface area contributed by atoms with Gasteiger partial charge in [-0.3, -0.25) is 9.97 Å². The molecule has 0 radical (unpaired) electrons. The summed E-state index contributed by atoms with van der Waals surface area (Å²) in [5, 5.41) is 12.0. The zero-order valence-electron chi connectivity index (χ0n) is 10.7. The number of anilines is 1. The molecule has 2 aromatic heterocycles. The molecule has 0 bridgehead atoms. The van der Waals surface area contributed by atoms with Crippen molar-refractivity contribution in [3.8, 4) is 0 Å². The summed E-state index contributed by atoms with van der Waals surface area (Å²) in [7, 11) is 0. The highest BCUT2D eigenvalue weighted by atomic mass is 16.4. The quantitative estimate of drug-likeness (QED) is 0.869. The van der Waals surface area contributed by atoms with Gasteiger partial charge in [0.1, 0.15) is 5.82 Å². The second-order valence-electron chi connectivity index (χ2n) is 4.19. The molecule has 0 spiro atoms. The van der Waals surface area contributed by atoms with Gasteiger partial charge in [0.05, 0.1) is 29.7 Å². The van der Waals surface area contributed by atoms with Gasteiger partial charge in [-0.05, 0) is 26.0 Å². The number of nitrogens with one attached hydrogen (secondary N) is 1. The first kappa shape index (κ1) is 12.9. The largest absolute Gasteiger partial charge is 0.478 e. The topological polar surface area (TPSA) is 88.0 Å². The summed E-state index contributed by atoms with van der Waals surface area (Å²) in [5.41, 5.74) is 2.48. The SMILES string of the molecule is Cc1cnc(CNc2cc(C(=O)O)cc(C)n2)cn1. The second-order valence-corrected chi connectivity index (χ2v) is 4.19. The fourth-order valence-corrected chi connectivity index (χ4v) is 1.57. The smallest absolute Gasteiger partial charge is 0.335 e. The van der Waals surface area contributed by atoms with Gasteiger partial charge >= 0.3 is 5.97 Å². The van der Waals surface area contributed by atoms with Gasteiger partial charge in [0.25, 0.3) is 0 Å². The van der Waals surface area contributed by atoms with Crippen molar-refractivity contribution in [2.24, 2.45) is 0 Å². The van der Waals surface area contributed by atoms with Gasteiger partial charge < -0.3 is 10.4 Å².